The lowest BCUT2D eigenvalue weighted by Gasteiger charge is -2.36. The van der Waals surface area contributed by atoms with Gasteiger partial charge in [-0.05, 0) is 25.5 Å². The van der Waals surface area contributed by atoms with Gasteiger partial charge in [-0.15, -0.1) is 0 Å². The van der Waals surface area contributed by atoms with Gasteiger partial charge in [0.1, 0.15) is 5.82 Å². The first kappa shape index (κ1) is 16.7. The Morgan fingerprint density at radius 3 is 2.58 bits per heavy atom. The van der Waals surface area contributed by atoms with Crippen LogP contribution in [0.3, 0.4) is 0 Å². The van der Waals surface area contributed by atoms with E-state index < -0.39 is 0 Å². The second-order valence-electron chi connectivity index (χ2n) is 6.06. The number of rotatable bonds is 3. The standard InChI is InChI=1S/C18H21ClN4O/c1-13-12-20-14(2)18(21-13)23-9-7-22(8-10-23)17(24)11-15-5-3-4-6-16(15)19/h3-6,12H,7-11H2,1-2H3. The van der Waals surface area contributed by atoms with Gasteiger partial charge < -0.3 is 9.80 Å². The van der Waals surface area contributed by atoms with Gasteiger partial charge in [-0.2, -0.15) is 0 Å². The third-order valence-corrected chi connectivity index (χ3v) is 4.65. The Hall–Kier alpha value is -2.14. The van der Waals surface area contributed by atoms with Gasteiger partial charge in [-0.3, -0.25) is 9.78 Å². The monoisotopic (exact) mass is 344 g/mol. The third-order valence-electron chi connectivity index (χ3n) is 4.28. The van der Waals surface area contributed by atoms with Crippen LogP contribution in [0.15, 0.2) is 30.5 Å². The van der Waals surface area contributed by atoms with Crippen molar-refractivity contribution >= 4 is 23.3 Å². The van der Waals surface area contributed by atoms with Gasteiger partial charge in [0.25, 0.3) is 0 Å². The number of piperazine rings is 1. The van der Waals surface area contributed by atoms with Crippen LogP contribution >= 0.6 is 11.6 Å². The number of aromatic nitrogens is 2. The van der Waals surface area contributed by atoms with Gasteiger partial charge in [0.2, 0.25) is 5.91 Å². The molecule has 1 fully saturated rings. The van der Waals surface area contributed by atoms with E-state index in [9.17, 15) is 4.79 Å². The Balaban J connectivity index is 1.61. The lowest BCUT2D eigenvalue weighted by Crippen LogP contribution is -2.49. The summed E-state index contributed by atoms with van der Waals surface area (Å²) >= 11 is 6.15. The Morgan fingerprint density at radius 1 is 1.17 bits per heavy atom. The summed E-state index contributed by atoms with van der Waals surface area (Å²) in [7, 11) is 0. The fourth-order valence-corrected chi connectivity index (χ4v) is 3.11. The first-order valence-electron chi connectivity index (χ1n) is 8.11. The quantitative estimate of drug-likeness (QED) is 0.859. The number of amides is 1. The zero-order chi connectivity index (χ0) is 17.1. The number of carbonyl (C=O) groups is 1. The van der Waals surface area contributed by atoms with Crippen LogP contribution in [-0.4, -0.2) is 47.0 Å². The van der Waals surface area contributed by atoms with Crippen LogP contribution in [0.2, 0.25) is 5.02 Å². The van der Waals surface area contributed by atoms with Gasteiger partial charge in [0, 0.05) is 37.4 Å². The topological polar surface area (TPSA) is 49.3 Å². The Labute approximate surface area is 147 Å². The van der Waals surface area contributed by atoms with E-state index in [-0.39, 0.29) is 5.91 Å². The van der Waals surface area contributed by atoms with Gasteiger partial charge in [0.05, 0.1) is 17.8 Å². The summed E-state index contributed by atoms with van der Waals surface area (Å²) in [6.07, 6.45) is 2.13. The van der Waals surface area contributed by atoms with Crippen molar-refractivity contribution in [2.45, 2.75) is 20.3 Å². The highest BCUT2D eigenvalue weighted by atomic mass is 35.5. The van der Waals surface area contributed by atoms with E-state index in [0.717, 1.165) is 35.9 Å². The van der Waals surface area contributed by atoms with Gasteiger partial charge in [0.15, 0.2) is 0 Å². The minimum Gasteiger partial charge on any atom is -0.352 e. The highest BCUT2D eigenvalue weighted by Gasteiger charge is 2.23. The Bertz CT molecular complexity index is 742. The number of benzene rings is 1. The summed E-state index contributed by atoms with van der Waals surface area (Å²) in [5.74, 6) is 1.04. The average molecular weight is 345 g/mol. The van der Waals surface area contributed by atoms with Gasteiger partial charge in [-0.1, -0.05) is 29.8 Å². The van der Waals surface area contributed by atoms with Crippen LogP contribution < -0.4 is 4.90 Å². The number of nitrogens with zero attached hydrogens (tertiary/aromatic N) is 4. The summed E-state index contributed by atoms with van der Waals surface area (Å²) in [5.41, 5.74) is 2.72. The molecule has 1 aliphatic heterocycles. The van der Waals surface area contributed by atoms with Crippen molar-refractivity contribution < 1.29 is 4.79 Å². The number of carbonyl (C=O) groups excluding carboxylic acids is 1. The molecule has 126 valence electrons. The highest BCUT2D eigenvalue weighted by molar-refractivity contribution is 6.31. The van der Waals surface area contributed by atoms with E-state index in [4.69, 9.17) is 11.6 Å². The predicted octanol–water partition coefficient (Wildman–Crippen LogP) is 2.64. The number of aryl methyl sites for hydroxylation is 2. The third kappa shape index (κ3) is 3.67. The maximum atomic E-state index is 12.5. The minimum absolute atomic E-state index is 0.120. The molecule has 1 aromatic heterocycles. The molecule has 1 aromatic carbocycles. The average Bonchev–Trinajstić information content (AvgIpc) is 2.59. The molecule has 1 amide bonds. The summed E-state index contributed by atoms with van der Waals surface area (Å²) in [5, 5.41) is 0.648. The van der Waals surface area contributed by atoms with Crippen LogP contribution in [-0.2, 0) is 11.2 Å². The molecule has 0 unspecified atom stereocenters. The summed E-state index contributed by atoms with van der Waals surface area (Å²) in [6, 6.07) is 7.51. The SMILES string of the molecule is Cc1cnc(C)c(N2CCN(C(=O)Cc3ccccc3Cl)CC2)n1. The van der Waals surface area contributed by atoms with E-state index in [1.807, 2.05) is 43.0 Å². The van der Waals surface area contributed by atoms with Crippen LogP contribution in [0, 0.1) is 13.8 Å². The number of hydrogen-bond donors (Lipinski definition) is 0. The molecule has 0 bridgehead atoms. The van der Waals surface area contributed by atoms with Gasteiger partial charge >= 0.3 is 0 Å². The fourth-order valence-electron chi connectivity index (χ4n) is 2.91. The zero-order valence-electron chi connectivity index (χ0n) is 14.0. The second-order valence-corrected chi connectivity index (χ2v) is 6.46. The summed E-state index contributed by atoms with van der Waals surface area (Å²) in [6.45, 7) is 6.84. The molecule has 2 heterocycles. The molecule has 1 saturated heterocycles. The van der Waals surface area contributed by atoms with E-state index in [2.05, 4.69) is 14.9 Å². The zero-order valence-corrected chi connectivity index (χ0v) is 14.8. The molecule has 24 heavy (non-hydrogen) atoms. The first-order valence-corrected chi connectivity index (χ1v) is 8.49. The number of anilines is 1. The second kappa shape index (κ2) is 7.18. The van der Waals surface area contributed by atoms with Crippen LogP contribution in [0.5, 0.6) is 0 Å². The molecule has 6 heteroatoms. The van der Waals surface area contributed by atoms with Crippen molar-refractivity contribution in [2.24, 2.45) is 0 Å². The summed E-state index contributed by atoms with van der Waals surface area (Å²) in [4.78, 5) is 25.6. The largest absolute Gasteiger partial charge is 0.352 e. The molecule has 0 spiro atoms. The van der Waals surface area contributed by atoms with Gasteiger partial charge in [-0.25, -0.2) is 4.98 Å². The lowest BCUT2D eigenvalue weighted by atomic mass is 10.1. The maximum Gasteiger partial charge on any atom is 0.227 e. The van der Waals surface area contributed by atoms with Crippen molar-refractivity contribution in [3.8, 4) is 0 Å². The molecule has 0 atom stereocenters. The number of halogens is 1. The van der Waals surface area contributed by atoms with Crippen molar-refractivity contribution in [3.63, 3.8) is 0 Å². The maximum absolute atomic E-state index is 12.5. The smallest absolute Gasteiger partial charge is 0.227 e. The van der Waals surface area contributed by atoms with E-state index in [0.29, 0.717) is 24.5 Å². The van der Waals surface area contributed by atoms with Crippen molar-refractivity contribution in [1.82, 2.24) is 14.9 Å². The molecular weight excluding hydrogens is 324 g/mol. The van der Waals surface area contributed by atoms with Crippen molar-refractivity contribution in [1.29, 1.82) is 0 Å². The van der Waals surface area contributed by atoms with Crippen molar-refractivity contribution in [3.05, 3.63) is 52.4 Å². The Morgan fingerprint density at radius 2 is 1.88 bits per heavy atom. The molecular formula is C18H21ClN4O. The molecule has 0 saturated carbocycles. The van der Waals surface area contributed by atoms with E-state index >= 15 is 0 Å². The number of hydrogen-bond acceptors (Lipinski definition) is 4. The molecule has 5 nitrogen and oxygen atoms in total. The molecule has 0 N–H and O–H groups in total. The normalized spacial score (nSPS) is 14.8. The molecule has 0 aliphatic carbocycles. The molecule has 3 rings (SSSR count). The summed E-state index contributed by atoms with van der Waals surface area (Å²) < 4.78 is 0. The van der Waals surface area contributed by atoms with Crippen LogP contribution in [0.25, 0.3) is 0 Å². The van der Waals surface area contributed by atoms with E-state index in [1.165, 1.54) is 0 Å². The highest BCUT2D eigenvalue weighted by Crippen LogP contribution is 2.19. The predicted molar refractivity (Wildman–Crippen MR) is 95.5 cm³/mol. The van der Waals surface area contributed by atoms with E-state index in [1.54, 1.807) is 6.20 Å². The first-order chi connectivity index (χ1) is 11.5. The molecule has 1 aliphatic rings. The van der Waals surface area contributed by atoms with Crippen LogP contribution in [0.4, 0.5) is 5.82 Å². The molecule has 2 aromatic rings. The lowest BCUT2D eigenvalue weighted by molar-refractivity contribution is -0.130. The minimum atomic E-state index is 0.120. The van der Waals surface area contributed by atoms with Crippen LogP contribution in [0.1, 0.15) is 17.0 Å². The Kier molecular flexibility index (Phi) is 5.00. The van der Waals surface area contributed by atoms with Crippen molar-refractivity contribution in [2.75, 3.05) is 31.1 Å². The fraction of sp³-hybridized carbons (Fsp3) is 0.389. The molecule has 0 radical (unpaired) electrons.